The molecule has 0 aromatic heterocycles. The van der Waals surface area contributed by atoms with Gasteiger partial charge in [-0.2, -0.15) is 0 Å². The van der Waals surface area contributed by atoms with Gasteiger partial charge in [0.1, 0.15) is 0 Å². The quantitative estimate of drug-likeness (QED) is 0.810. The van der Waals surface area contributed by atoms with Crippen molar-refractivity contribution in [3.05, 3.63) is 35.9 Å². The van der Waals surface area contributed by atoms with Gasteiger partial charge in [0.05, 0.1) is 6.42 Å². The third-order valence-corrected chi connectivity index (χ3v) is 5.65. The molecule has 1 aromatic carbocycles. The Labute approximate surface area is 161 Å². The first-order chi connectivity index (χ1) is 13.0. The molecule has 1 aromatic rings. The van der Waals surface area contributed by atoms with Crippen LogP contribution in [0, 0.1) is 5.92 Å². The van der Waals surface area contributed by atoms with E-state index in [1.54, 1.807) is 6.92 Å². The van der Waals surface area contributed by atoms with E-state index in [0.717, 1.165) is 24.8 Å². The van der Waals surface area contributed by atoms with E-state index in [0.29, 0.717) is 45.7 Å². The molecule has 0 atom stereocenters. The molecule has 0 saturated carbocycles. The van der Waals surface area contributed by atoms with Crippen molar-refractivity contribution >= 4 is 17.7 Å². The molecule has 6 heteroatoms. The monoisotopic (exact) mass is 371 g/mol. The molecule has 2 aliphatic heterocycles. The molecule has 6 nitrogen and oxygen atoms in total. The summed E-state index contributed by atoms with van der Waals surface area (Å²) in [5.74, 6) is 0.413. The van der Waals surface area contributed by atoms with Crippen LogP contribution in [-0.2, 0) is 20.8 Å². The van der Waals surface area contributed by atoms with Crippen molar-refractivity contribution in [1.82, 2.24) is 14.7 Å². The van der Waals surface area contributed by atoms with Crippen molar-refractivity contribution < 1.29 is 14.4 Å². The van der Waals surface area contributed by atoms with Crippen LogP contribution in [0.1, 0.15) is 31.7 Å². The third kappa shape index (κ3) is 5.08. The van der Waals surface area contributed by atoms with Gasteiger partial charge in [0.2, 0.25) is 17.7 Å². The smallest absolute Gasteiger partial charge is 0.227 e. The van der Waals surface area contributed by atoms with Gasteiger partial charge < -0.3 is 14.7 Å². The number of likely N-dealkylation sites (tertiary alicyclic amines) is 1. The van der Waals surface area contributed by atoms with Crippen LogP contribution < -0.4 is 0 Å². The Bertz CT molecular complexity index is 669. The van der Waals surface area contributed by atoms with E-state index in [2.05, 4.69) is 0 Å². The minimum atomic E-state index is 0.00664. The van der Waals surface area contributed by atoms with Crippen LogP contribution >= 0.6 is 0 Å². The molecule has 3 rings (SSSR count). The lowest BCUT2D eigenvalue weighted by Gasteiger charge is -2.33. The summed E-state index contributed by atoms with van der Waals surface area (Å²) >= 11 is 0. The summed E-state index contributed by atoms with van der Waals surface area (Å²) in [5, 5.41) is 0. The van der Waals surface area contributed by atoms with Crippen molar-refractivity contribution in [2.24, 2.45) is 5.92 Å². The van der Waals surface area contributed by atoms with Gasteiger partial charge in [0.15, 0.2) is 0 Å². The summed E-state index contributed by atoms with van der Waals surface area (Å²) in [5.41, 5.74) is 1.02. The van der Waals surface area contributed by atoms with E-state index in [1.807, 2.05) is 45.0 Å². The first-order valence-electron chi connectivity index (χ1n) is 9.90. The first kappa shape index (κ1) is 19.4. The molecule has 3 amide bonds. The maximum Gasteiger partial charge on any atom is 0.227 e. The largest absolute Gasteiger partial charge is 0.343 e. The molecule has 2 aliphatic rings. The van der Waals surface area contributed by atoms with E-state index in [1.165, 1.54) is 0 Å². The van der Waals surface area contributed by atoms with Gasteiger partial charge in [-0.25, -0.2) is 0 Å². The van der Waals surface area contributed by atoms with Gasteiger partial charge in [0.25, 0.3) is 0 Å². The number of benzene rings is 1. The molecule has 0 bridgehead atoms. The summed E-state index contributed by atoms with van der Waals surface area (Å²) in [6.07, 6.45) is 2.72. The molecule has 27 heavy (non-hydrogen) atoms. The zero-order valence-electron chi connectivity index (χ0n) is 16.1. The molecular weight excluding hydrogens is 342 g/mol. The third-order valence-electron chi connectivity index (χ3n) is 5.65. The van der Waals surface area contributed by atoms with Crippen LogP contribution in [0.15, 0.2) is 30.3 Å². The van der Waals surface area contributed by atoms with E-state index in [4.69, 9.17) is 0 Å². The molecule has 0 radical (unpaired) electrons. The minimum Gasteiger partial charge on any atom is -0.343 e. The molecule has 0 aliphatic carbocycles. The first-order valence-corrected chi connectivity index (χ1v) is 9.90. The zero-order valence-corrected chi connectivity index (χ0v) is 16.1. The van der Waals surface area contributed by atoms with Crippen molar-refractivity contribution in [3.8, 4) is 0 Å². The number of hydrogen-bond acceptors (Lipinski definition) is 3. The van der Waals surface area contributed by atoms with Crippen LogP contribution in [0.4, 0.5) is 0 Å². The highest BCUT2D eigenvalue weighted by atomic mass is 16.2. The number of carbonyl (C=O) groups excluding carboxylic acids is 3. The maximum absolute atomic E-state index is 12.9. The molecule has 0 unspecified atom stereocenters. The van der Waals surface area contributed by atoms with Crippen molar-refractivity contribution in [1.29, 1.82) is 0 Å². The number of piperidine rings is 1. The van der Waals surface area contributed by atoms with Gasteiger partial charge in [-0.15, -0.1) is 0 Å². The number of rotatable bonds is 3. The summed E-state index contributed by atoms with van der Waals surface area (Å²) in [4.78, 5) is 42.5. The fourth-order valence-corrected chi connectivity index (χ4v) is 3.97. The minimum absolute atomic E-state index is 0.00664. The summed E-state index contributed by atoms with van der Waals surface area (Å²) < 4.78 is 0. The lowest BCUT2D eigenvalue weighted by atomic mass is 9.95. The molecule has 0 N–H and O–H groups in total. The Hall–Kier alpha value is -2.37. The molecule has 2 fully saturated rings. The van der Waals surface area contributed by atoms with E-state index < -0.39 is 0 Å². The Kier molecular flexibility index (Phi) is 6.48. The summed E-state index contributed by atoms with van der Waals surface area (Å²) in [6, 6.07) is 9.79. The number of nitrogens with zero attached hydrogens (tertiary/aromatic N) is 3. The lowest BCUT2D eigenvalue weighted by molar-refractivity contribution is -0.140. The molecule has 0 spiro atoms. The molecule has 2 saturated heterocycles. The van der Waals surface area contributed by atoms with Gasteiger partial charge in [-0.3, -0.25) is 14.4 Å². The van der Waals surface area contributed by atoms with Crippen LogP contribution in [0.25, 0.3) is 0 Å². The lowest BCUT2D eigenvalue weighted by Crippen LogP contribution is -2.45. The number of carbonyl (C=O) groups is 3. The van der Waals surface area contributed by atoms with E-state index >= 15 is 0 Å². The van der Waals surface area contributed by atoms with Crippen molar-refractivity contribution in [3.63, 3.8) is 0 Å². The van der Waals surface area contributed by atoms with Crippen molar-refractivity contribution in [2.75, 3.05) is 39.3 Å². The topological polar surface area (TPSA) is 60.9 Å². The van der Waals surface area contributed by atoms with Crippen molar-refractivity contribution in [2.45, 2.75) is 32.6 Å². The number of hydrogen-bond donors (Lipinski definition) is 0. The van der Waals surface area contributed by atoms with Gasteiger partial charge >= 0.3 is 0 Å². The molecule has 146 valence electrons. The second-order valence-electron chi connectivity index (χ2n) is 7.50. The SMILES string of the molecule is CC(=O)N1CCC(C(=O)N2CCCN(C(=O)Cc3ccccc3)CC2)CC1. The Morgan fingerprint density at radius 3 is 2.15 bits per heavy atom. The maximum atomic E-state index is 12.9. The van der Waals surface area contributed by atoms with Crippen LogP contribution in [0.5, 0.6) is 0 Å². The highest BCUT2D eigenvalue weighted by molar-refractivity contribution is 5.81. The zero-order chi connectivity index (χ0) is 19.2. The summed E-state index contributed by atoms with van der Waals surface area (Å²) in [6.45, 7) is 5.54. The standard InChI is InChI=1S/C21H29N3O3/c1-17(25)22-12-8-19(9-13-22)21(27)24-11-5-10-23(14-15-24)20(26)16-18-6-3-2-4-7-18/h2-4,6-7,19H,5,8-16H2,1H3. The van der Waals surface area contributed by atoms with Gasteiger partial charge in [-0.05, 0) is 24.8 Å². The molecule has 2 heterocycles. The van der Waals surface area contributed by atoms with E-state index in [9.17, 15) is 14.4 Å². The summed E-state index contributed by atoms with van der Waals surface area (Å²) in [7, 11) is 0. The van der Waals surface area contributed by atoms with Crippen LogP contribution in [0.3, 0.4) is 0 Å². The van der Waals surface area contributed by atoms with Gasteiger partial charge in [-0.1, -0.05) is 30.3 Å². The molecular formula is C21H29N3O3. The predicted octanol–water partition coefficient (Wildman–Crippen LogP) is 1.55. The van der Waals surface area contributed by atoms with E-state index in [-0.39, 0.29) is 23.6 Å². The Morgan fingerprint density at radius 2 is 1.48 bits per heavy atom. The predicted molar refractivity (Wildman–Crippen MR) is 103 cm³/mol. The van der Waals surface area contributed by atoms with Gasteiger partial charge in [0, 0.05) is 52.1 Å². The fourth-order valence-electron chi connectivity index (χ4n) is 3.97. The highest BCUT2D eigenvalue weighted by Crippen LogP contribution is 2.21. The second kappa shape index (κ2) is 9.02. The normalized spacial score (nSPS) is 18.9. The highest BCUT2D eigenvalue weighted by Gasteiger charge is 2.30. The fraction of sp³-hybridized carbons (Fsp3) is 0.571. The average molecular weight is 371 g/mol. The Morgan fingerprint density at radius 1 is 0.852 bits per heavy atom. The van der Waals surface area contributed by atoms with Crippen LogP contribution in [0.2, 0.25) is 0 Å². The second-order valence-corrected chi connectivity index (χ2v) is 7.50. The van der Waals surface area contributed by atoms with Crippen LogP contribution in [-0.4, -0.2) is 71.7 Å². The number of amides is 3. The average Bonchev–Trinajstić information content (AvgIpc) is 2.94. The Balaban J connectivity index is 1.50.